The highest BCUT2D eigenvalue weighted by Crippen LogP contribution is 2.16. The van der Waals surface area contributed by atoms with Gasteiger partial charge in [0, 0.05) is 20.2 Å². The van der Waals surface area contributed by atoms with E-state index in [-0.39, 0.29) is 7.43 Å². The van der Waals surface area contributed by atoms with Gasteiger partial charge in [-0.25, -0.2) is 8.78 Å². The van der Waals surface area contributed by atoms with Crippen molar-refractivity contribution in [3.63, 3.8) is 0 Å². The second-order valence-corrected chi connectivity index (χ2v) is 2.49. The molecular formula is C9H13F2N. The molecule has 0 bridgehead atoms. The van der Waals surface area contributed by atoms with E-state index in [1.165, 1.54) is 12.1 Å². The Morgan fingerprint density at radius 2 is 1.75 bits per heavy atom. The molecule has 1 aromatic carbocycles. The predicted molar refractivity (Wildman–Crippen MR) is 47.4 cm³/mol. The molecule has 0 aromatic heterocycles. The summed E-state index contributed by atoms with van der Waals surface area (Å²) in [5.74, 6) is -1.08. The smallest absolute Gasteiger partial charge is 0.149 e. The normalized spacial score (nSPS) is 9.00. The lowest BCUT2D eigenvalue weighted by atomic mass is 10.3. The van der Waals surface area contributed by atoms with Gasteiger partial charge in [0.25, 0.3) is 0 Å². The molecule has 12 heavy (non-hydrogen) atoms. The van der Waals surface area contributed by atoms with Crippen molar-refractivity contribution in [2.75, 3.05) is 19.0 Å². The Hall–Kier alpha value is -1.12. The van der Waals surface area contributed by atoms with Crippen LogP contribution in [0.1, 0.15) is 7.43 Å². The first kappa shape index (κ1) is 10.9. The molecule has 3 heteroatoms. The van der Waals surface area contributed by atoms with Crippen LogP contribution < -0.4 is 4.90 Å². The molecular weight excluding hydrogens is 160 g/mol. The summed E-state index contributed by atoms with van der Waals surface area (Å²) in [4.78, 5) is 1.59. The molecule has 1 rings (SSSR count). The van der Waals surface area contributed by atoms with Crippen LogP contribution in [0.15, 0.2) is 18.2 Å². The largest absolute Gasteiger partial charge is 0.375 e. The van der Waals surface area contributed by atoms with E-state index < -0.39 is 11.6 Å². The number of hydrogen-bond acceptors (Lipinski definition) is 1. The molecule has 0 aliphatic heterocycles. The molecule has 0 fully saturated rings. The minimum atomic E-state index is -0.548. The standard InChI is InChI=1S/C8H9F2N.CH4/c1-11(2)8-4-3-6(9)5-7(8)10;/h3-5H,1-2H3;1H4. The number of hydrogen-bond donors (Lipinski definition) is 0. The topological polar surface area (TPSA) is 3.24 Å². The third kappa shape index (κ3) is 2.19. The number of benzene rings is 1. The Bertz CT molecular complexity index is 259. The van der Waals surface area contributed by atoms with Gasteiger partial charge in [0.15, 0.2) is 0 Å². The van der Waals surface area contributed by atoms with Crippen molar-refractivity contribution in [1.82, 2.24) is 0 Å². The quantitative estimate of drug-likeness (QED) is 0.631. The molecule has 1 aromatic rings. The zero-order valence-electron chi connectivity index (χ0n) is 6.44. The van der Waals surface area contributed by atoms with Gasteiger partial charge < -0.3 is 4.90 Å². The fourth-order valence-electron chi connectivity index (χ4n) is 0.844. The zero-order valence-corrected chi connectivity index (χ0v) is 6.44. The highest BCUT2D eigenvalue weighted by molar-refractivity contribution is 5.45. The molecule has 0 radical (unpaired) electrons. The Kier molecular flexibility index (Phi) is 3.67. The lowest BCUT2D eigenvalue weighted by Gasteiger charge is -2.12. The van der Waals surface area contributed by atoms with Gasteiger partial charge >= 0.3 is 0 Å². The predicted octanol–water partition coefficient (Wildman–Crippen LogP) is 2.67. The average molecular weight is 173 g/mol. The number of anilines is 1. The third-order valence-corrected chi connectivity index (χ3v) is 1.39. The van der Waals surface area contributed by atoms with Gasteiger partial charge in [0.2, 0.25) is 0 Å². The van der Waals surface area contributed by atoms with Crippen LogP contribution in [0.5, 0.6) is 0 Å². The molecule has 68 valence electrons. The van der Waals surface area contributed by atoms with Gasteiger partial charge in [-0.15, -0.1) is 0 Å². The minimum absolute atomic E-state index is 0. The highest BCUT2D eigenvalue weighted by Gasteiger charge is 2.03. The fourth-order valence-corrected chi connectivity index (χ4v) is 0.844. The SMILES string of the molecule is C.CN(C)c1ccc(F)cc1F. The minimum Gasteiger partial charge on any atom is -0.375 e. The molecule has 0 N–H and O–H groups in total. The second-order valence-electron chi connectivity index (χ2n) is 2.49. The summed E-state index contributed by atoms with van der Waals surface area (Å²) >= 11 is 0. The van der Waals surface area contributed by atoms with Crippen LogP contribution >= 0.6 is 0 Å². The first-order valence-electron chi connectivity index (χ1n) is 3.23. The van der Waals surface area contributed by atoms with Crippen LogP contribution in [0.4, 0.5) is 14.5 Å². The van der Waals surface area contributed by atoms with E-state index in [1.54, 1.807) is 19.0 Å². The van der Waals surface area contributed by atoms with Crippen LogP contribution in [0, 0.1) is 11.6 Å². The van der Waals surface area contributed by atoms with Crippen molar-refractivity contribution >= 4 is 5.69 Å². The summed E-state index contributed by atoms with van der Waals surface area (Å²) in [5, 5.41) is 0. The lowest BCUT2D eigenvalue weighted by Crippen LogP contribution is -2.10. The van der Waals surface area contributed by atoms with Crippen molar-refractivity contribution in [3.8, 4) is 0 Å². The Morgan fingerprint density at radius 1 is 1.17 bits per heavy atom. The van der Waals surface area contributed by atoms with Gasteiger partial charge in [-0.05, 0) is 12.1 Å². The summed E-state index contributed by atoms with van der Waals surface area (Å²) in [6.45, 7) is 0. The molecule has 0 aliphatic rings. The first-order chi connectivity index (χ1) is 5.11. The molecule has 0 saturated heterocycles. The van der Waals surface area contributed by atoms with Crippen LogP contribution in [0.3, 0.4) is 0 Å². The van der Waals surface area contributed by atoms with E-state index in [9.17, 15) is 8.78 Å². The molecule has 0 atom stereocenters. The Labute approximate surface area is 71.6 Å². The zero-order chi connectivity index (χ0) is 8.43. The number of rotatable bonds is 1. The first-order valence-corrected chi connectivity index (χ1v) is 3.23. The van der Waals surface area contributed by atoms with Crippen molar-refractivity contribution in [2.24, 2.45) is 0 Å². The summed E-state index contributed by atoms with van der Waals surface area (Å²) in [7, 11) is 3.41. The van der Waals surface area contributed by atoms with Gasteiger partial charge in [0.05, 0.1) is 5.69 Å². The Balaban J connectivity index is 0.00000121. The molecule has 0 unspecified atom stereocenters. The molecule has 1 nitrogen and oxygen atoms in total. The van der Waals surface area contributed by atoms with Crippen molar-refractivity contribution < 1.29 is 8.78 Å². The van der Waals surface area contributed by atoms with E-state index in [4.69, 9.17) is 0 Å². The average Bonchev–Trinajstić information content (AvgIpc) is 1.85. The van der Waals surface area contributed by atoms with E-state index in [0.717, 1.165) is 6.07 Å². The molecule has 0 heterocycles. The van der Waals surface area contributed by atoms with Gasteiger partial charge in [-0.2, -0.15) is 0 Å². The highest BCUT2D eigenvalue weighted by atomic mass is 19.1. The van der Waals surface area contributed by atoms with Crippen molar-refractivity contribution in [3.05, 3.63) is 29.8 Å². The second kappa shape index (κ2) is 4.04. The van der Waals surface area contributed by atoms with Crippen molar-refractivity contribution in [1.29, 1.82) is 0 Å². The Morgan fingerprint density at radius 3 is 2.17 bits per heavy atom. The van der Waals surface area contributed by atoms with Gasteiger partial charge in [-0.1, -0.05) is 7.43 Å². The van der Waals surface area contributed by atoms with Crippen LogP contribution in [-0.2, 0) is 0 Å². The summed E-state index contributed by atoms with van der Waals surface area (Å²) in [6, 6.07) is 3.51. The van der Waals surface area contributed by atoms with Crippen molar-refractivity contribution in [2.45, 2.75) is 7.43 Å². The van der Waals surface area contributed by atoms with Gasteiger partial charge in [-0.3, -0.25) is 0 Å². The summed E-state index contributed by atoms with van der Waals surface area (Å²) < 4.78 is 25.2. The van der Waals surface area contributed by atoms with E-state index in [1.807, 2.05) is 0 Å². The van der Waals surface area contributed by atoms with Crippen LogP contribution in [-0.4, -0.2) is 14.1 Å². The fraction of sp³-hybridized carbons (Fsp3) is 0.333. The molecule has 0 spiro atoms. The van der Waals surface area contributed by atoms with E-state index in [0.29, 0.717) is 5.69 Å². The third-order valence-electron chi connectivity index (χ3n) is 1.39. The maximum atomic E-state index is 12.8. The molecule has 0 aliphatic carbocycles. The molecule has 0 amide bonds. The lowest BCUT2D eigenvalue weighted by molar-refractivity contribution is 0.583. The number of nitrogens with zero attached hydrogens (tertiary/aromatic N) is 1. The number of halogens is 2. The van der Waals surface area contributed by atoms with E-state index >= 15 is 0 Å². The summed E-state index contributed by atoms with van der Waals surface area (Å²) in [6.07, 6.45) is 0. The monoisotopic (exact) mass is 173 g/mol. The summed E-state index contributed by atoms with van der Waals surface area (Å²) in [5.41, 5.74) is 0.395. The van der Waals surface area contributed by atoms with Crippen LogP contribution in [0.2, 0.25) is 0 Å². The maximum absolute atomic E-state index is 12.8. The molecule has 0 saturated carbocycles. The maximum Gasteiger partial charge on any atom is 0.149 e. The van der Waals surface area contributed by atoms with E-state index in [2.05, 4.69) is 0 Å². The van der Waals surface area contributed by atoms with Gasteiger partial charge in [0.1, 0.15) is 11.6 Å². The van der Waals surface area contributed by atoms with Crippen LogP contribution in [0.25, 0.3) is 0 Å².